The van der Waals surface area contributed by atoms with Crippen LogP contribution >= 0.6 is 11.8 Å². The predicted molar refractivity (Wildman–Crippen MR) is 102 cm³/mol. The number of hydrogen-bond donors (Lipinski definition) is 1. The van der Waals surface area contributed by atoms with E-state index in [0.29, 0.717) is 4.91 Å². The van der Waals surface area contributed by atoms with E-state index in [0.717, 1.165) is 18.2 Å². The number of thioether (sulfide) groups is 1. The molecular weight excluding hydrogens is 433 g/mol. The van der Waals surface area contributed by atoms with Gasteiger partial charge in [-0.1, -0.05) is 0 Å². The van der Waals surface area contributed by atoms with Gasteiger partial charge in [0, 0.05) is 0 Å². The zero-order chi connectivity index (χ0) is 17.1. The number of carbonyl (C=O) groups excluding carboxylic acids is 2. The van der Waals surface area contributed by atoms with Gasteiger partial charge in [0.25, 0.3) is 0 Å². The molecule has 0 spiro atoms. The van der Waals surface area contributed by atoms with Crippen molar-refractivity contribution in [3.63, 3.8) is 0 Å². The molecule has 2 bridgehead atoms. The van der Waals surface area contributed by atoms with Crippen molar-refractivity contribution < 1.29 is 9.59 Å². The standard InChI is InChI=1S/C20H14NO2S.In/c1-14-6-5-7-15(12-14)10-11-17(16-8-3-2-4-9-16)13-18-19(22)21-20(23)24-18;/h2-8,12H,10H2,1H3,(H,21,22,23);. The maximum absolute atomic E-state index is 12.2. The SMILES string of the molecule is Cc1cccc(C[C]2=C3/[C](=C4/SC(=O)NC4=O)[In]2[c]2ccccc23)c1. The summed E-state index contributed by atoms with van der Waals surface area (Å²) in [7, 11) is 0. The van der Waals surface area contributed by atoms with Gasteiger partial charge in [-0.15, -0.1) is 0 Å². The molecule has 0 atom stereocenters. The number of hydrogen-bond acceptors (Lipinski definition) is 3. The fourth-order valence-corrected chi connectivity index (χ4v) is 16.7. The molecule has 2 aromatic carbocycles. The topological polar surface area (TPSA) is 46.2 Å². The van der Waals surface area contributed by atoms with Crippen molar-refractivity contribution in [1.82, 2.24) is 5.32 Å². The van der Waals surface area contributed by atoms with Gasteiger partial charge >= 0.3 is 158 Å². The van der Waals surface area contributed by atoms with E-state index < -0.39 is 21.4 Å². The van der Waals surface area contributed by atoms with E-state index in [2.05, 4.69) is 60.8 Å². The third kappa shape index (κ3) is 2.29. The Balaban J connectivity index is 1.63. The van der Waals surface area contributed by atoms with Crippen LogP contribution in [0, 0.1) is 6.92 Å². The minimum absolute atomic E-state index is 0.202. The molecular formula is C20H14InNO2S. The van der Waals surface area contributed by atoms with Crippen molar-refractivity contribution in [1.29, 1.82) is 0 Å². The van der Waals surface area contributed by atoms with Crippen molar-refractivity contribution in [3.8, 4) is 0 Å². The van der Waals surface area contributed by atoms with Crippen molar-refractivity contribution in [2.45, 2.75) is 13.3 Å². The van der Waals surface area contributed by atoms with E-state index in [1.54, 1.807) is 3.33 Å². The average molecular weight is 447 g/mol. The molecule has 1 fully saturated rings. The number of carbonyl (C=O) groups is 2. The van der Waals surface area contributed by atoms with Crippen LogP contribution in [0.5, 0.6) is 0 Å². The van der Waals surface area contributed by atoms with Gasteiger partial charge in [0.1, 0.15) is 0 Å². The molecule has 120 valence electrons. The Morgan fingerprint density at radius 3 is 2.64 bits per heavy atom. The number of benzene rings is 2. The van der Waals surface area contributed by atoms with Crippen molar-refractivity contribution >= 4 is 53.2 Å². The molecule has 2 amide bonds. The second kappa shape index (κ2) is 5.64. The van der Waals surface area contributed by atoms with Gasteiger partial charge < -0.3 is 0 Å². The van der Waals surface area contributed by atoms with Crippen LogP contribution < -0.4 is 8.64 Å². The first-order chi connectivity index (χ1) is 12.1. The van der Waals surface area contributed by atoms with Gasteiger partial charge in [0.15, 0.2) is 0 Å². The van der Waals surface area contributed by atoms with Crippen LogP contribution in [0.15, 0.2) is 60.1 Å². The van der Waals surface area contributed by atoms with E-state index in [-0.39, 0.29) is 11.1 Å². The molecule has 6 rings (SSSR count). The van der Waals surface area contributed by atoms with Crippen LogP contribution in [0.2, 0.25) is 0 Å². The number of nitrogens with one attached hydrogen (secondary N) is 1. The fraction of sp³-hybridized carbons (Fsp3) is 0.100. The molecule has 1 saturated heterocycles. The fourth-order valence-electron chi connectivity index (χ4n) is 4.16. The predicted octanol–water partition coefficient (Wildman–Crippen LogP) is 3.04. The van der Waals surface area contributed by atoms with Gasteiger partial charge in [0.05, 0.1) is 0 Å². The van der Waals surface area contributed by atoms with Crippen LogP contribution in [0.1, 0.15) is 16.7 Å². The summed E-state index contributed by atoms with van der Waals surface area (Å²) < 4.78 is 4.29. The first-order valence-electron chi connectivity index (χ1n) is 8.29. The number of rotatable bonds is 2. The minimum atomic E-state index is -2.36. The molecule has 0 saturated carbocycles. The van der Waals surface area contributed by atoms with E-state index in [1.165, 1.54) is 28.9 Å². The molecule has 0 aromatic heterocycles. The van der Waals surface area contributed by atoms with E-state index in [9.17, 15) is 9.59 Å². The Bertz CT molecular complexity index is 1040. The normalized spacial score (nSPS) is 20.8. The molecule has 3 nitrogen and oxygen atoms in total. The summed E-state index contributed by atoms with van der Waals surface area (Å²) in [4.78, 5) is 24.5. The summed E-state index contributed by atoms with van der Waals surface area (Å²) >= 11 is -1.28. The molecule has 4 aliphatic rings. The Labute approximate surface area is 157 Å². The molecule has 2 aromatic rings. The molecule has 0 radical (unpaired) electrons. The summed E-state index contributed by atoms with van der Waals surface area (Å²) in [6, 6.07) is 17.2. The molecule has 1 N–H and O–H groups in total. The Hall–Kier alpha value is -1.72. The molecule has 4 aliphatic heterocycles. The van der Waals surface area contributed by atoms with Gasteiger partial charge in [-0.3, -0.25) is 0 Å². The van der Waals surface area contributed by atoms with E-state index in [4.69, 9.17) is 0 Å². The van der Waals surface area contributed by atoms with Crippen LogP contribution in [-0.2, 0) is 11.2 Å². The van der Waals surface area contributed by atoms with Crippen LogP contribution in [0.25, 0.3) is 5.57 Å². The number of amides is 2. The number of aryl methyl sites for hydroxylation is 1. The molecule has 5 heteroatoms. The quantitative estimate of drug-likeness (QED) is 0.721. The molecule has 0 unspecified atom stereocenters. The monoisotopic (exact) mass is 447 g/mol. The zero-order valence-electron chi connectivity index (χ0n) is 13.6. The number of allylic oxidation sites excluding steroid dienone is 3. The molecule has 0 aliphatic carbocycles. The summed E-state index contributed by atoms with van der Waals surface area (Å²) in [5.41, 5.74) is 5.19. The average Bonchev–Trinajstić information content (AvgIpc) is 3.19. The Kier molecular flexibility index (Phi) is 3.51. The van der Waals surface area contributed by atoms with Crippen molar-refractivity contribution in [2.24, 2.45) is 0 Å². The summed E-state index contributed by atoms with van der Waals surface area (Å²) in [6.07, 6.45) is 0.976. The summed E-state index contributed by atoms with van der Waals surface area (Å²) in [5.74, 6) is -0.202. The maximum atomic E-state index is 12.2. The Morgan fingerprint density at radius 2 is 1.92 bits per heavy atom. The zero-order valence-corrected chi connectivity index (χ0v) is 17.7. The van der Waals surface area contributed by atoms with Gasteiger partial charge in [-0.25, -0.2) is 0 Å². The van der Waals surface area contributed by atoms with E-state index in [1.807, 2.05) is 0 Å². The summed E-state index contributed by atoms with van der Waals surface area (Å²) in [5, 5.41) is 2.18. The molecule has 25 heavy (non-hydrogen) atoms. The second-order valence-corrected chi connectivity index (χ2v) is 15.5. The van der Waals surface area contributed by atoms with Crippen LogP contribution in [0.3, 0.4) is 0 Å². The first kappa shape index (κ1) is 15.5. The third-order valence-corrected chi connectivity index (χ3v) is 16.5. The van der Waals surface area contributed by atoms with Gasteiger partial charge in [-0.2, -0.15) is 0 Å². The number of imide groups is 1. The second-order valence-electron chi connectivity index (χ2n) is 6.67. The Morgan fingerprint density at radius 1 is 1.08 bits per heavy atom. The van der Waals surface area contributed by atoms with Crippen molar-refractivity contribution in [3.05, 3.63) is 76.8 Å². The van der Waals surface area contributed by atoms with Crippen LogP contribution in [0.4, 0.5) is 4.79 Å². The van der Waals surface area contributed by atoms with Gasteiger partial charge in [0.2, 0.25) is 0 Å². The van der Waals surface area contributed by atoms with Gasteiger partial charge in [-0.05, 0) is 0 Å². The van der Waals surface area contributed by atoms with E-state index >= 15 is 0 Å². The summed E-state index contributed by atoms with van der Waals surface area (Å²) in [6.45, 7) is 2.12. The first-order valence-corrected chi connectivity index (χ1v) is 14.0. The third-order valence-electron chi connectivity index (χ3n) is 5.11. The molecule has 4 heterocycles. The van der Waals surface area contributed by atoms with Crippen molar-refractivity contribution in [2.75, 3.05) is 0 Å². The van der Waals surface area contributed by atoms with Crippen LogP contribution in [-0.4, -0.2) is 32.6 Å².